The summed E-state index contributed by atoms with van der Waals surface area (Å²) in [6.07, 6.45) is 0. The maximum Gasteiger partial charge on any atom is 0.124 e. The molecule has 0 unspecified atom stereocenters. The minimum absolute atomic E-state index is 0. The van der Waals surface area contributed by atoms with Gasteiger partial charge >= 0.3 is 0 Å². The van der Waals surface area contributed by atoms with Gasteiger partial charge in [0, 0.05) is 38.3 Å². The van der Waals surface area contributed by atoms with Crippen LogP contribution in [0.2, 0.25) is 0 Å². The van der Waals surface area contributed by atoms with Gasteiger partial charge in [-0.05, 0) is 0 Å². The molecule has 2 aromatic rings. The van der Waals surface area contributed by atoms with E-state index in [-0.39, 0.29) is 44.2 Å². The van der Waals surface area contributed by atoms with Crippen LogP contribution in [-0.4, -0.2) is 26.4 Å². The van der Waals surface area contributed by atoms with Crippen LogP contribution in [0.1, 0.15) is 11.4 Å². The van der Waals surface area contributed by atoms with Crippen LogP contribution in [0, 0.1) is 0 Å². The number of aromatic nitrogens is 4. The van der Waals surface area contributed by atoms with Gasteiger partial charge < -0.3 is 10.3 Å². The largest absolute Gasteiger partial charge is 0.410 e. The number of tetrazole rings is 1. The molecule has 6 nitrogen and oxygen atoms in total. The fourth-order valence-corrected chi connectivity index (χ4v) is 1.07. The maximum atomic E-state index is 8.80. The Hall–Kier alpha value is -1.14. The Balaban J connectivity index is 0.00000112. The molecule has 15 heavy (non-hydrogen) atoms. The zero-order valence-corrected chi connectivity index (χ0v) is 10.5. The molecule has 7 heteroatoms. The zero-order chi connectivity index (χ0) is 9.80. The van der Waals surface area contributed by atoms with E-state index in [2.05, 4.69) is 25.8 Å². The fourth-order valence-electron chi connectivity index (χ4n) is 1.07. The first-order valence-corrected chi connectivity index (χ1v) is 3.88. The van der Waals surface area contributed by atoms with Crippen molar-refractivity contribution < 1.29 is 37.9 Å². The molecule has 1 N–H and O–H groups in total. The zero-order valence-electron chi connectivity index (χ0n) is 7.65. The van der Waals surface area contributed by atoms with Gasteiger partial charge in [-0.15, -0.1) is 0 Å². The summed E-state index contributed by atoms with van der Waals surface area (Å²) in [7, 11) is 0. The minimum atomic E-state index is 0. The normalized spacial score (nSPS) is 10.8. The maximum absolute atomic E-state index is 8.80. The summed E-state index contributed by atoms with van der Waals surface area (Å²) < 4.78 is 0. The number of hydrogen-bond donors (Lipinski definition) is 1. The molecule has 0 spiro atoms. The number of hydrogen-bond acceptors (Lipinski definition) is 5. The van der Waals surface area contributed by atoms with Crippen molar-refractivity contribution in [1.82, 2.24) is 20.6 Å². The summed E-state index contributed by atoms with van der Waals surface area (Å²) >= 11 is 0. The Morgan fingerprint density at radius 2 is 2.00 bits per heavy atom. The van der Waals surface area contributed by atoms with E-state index < -0.39 is 0 Å². The van der Waals surface area contributed by atoms with Gasteiger partial charge in [0.2, 0.25) is 0 Å². The Kier molecular flexibility index (Phi) is 4.51. The SMILES string of the molecule is ON=C(c1ccccc1)c1nnn[n-]1.[Y]. The van der Waals surface area contributed by atoms with E-state index in [1.807, 2.05) is 18.2 Å². The standard InChI is InChI=1S/C8H6N5O.Y/c14-11-7(8-9-12-13-10-8)6-4-2-1-3-5-6;/h1-5H,(H-,9,10,12,13,14);/q-1;. The van der Waals surface area contributed by atoms with Gasteiger partial charge in [-0.25, -0.2) is 0 Å². The molecule has 0 aliphatic carbocycles. The number of benzene rings is 1. The Morgan fingerprint density at radius 3 is 2.53 bits per heavy atom. The molecule has 0 bridgehead atoms. The van der Waals surface area contributed by atoms with E-state index in [1.54, 1.807) is 12.1 Å². The van der Waals surface area contributed by atoms with Gasteiger partial charge in [-0.3, -0.25) is 10.3 Å². The Morgan fingerprint density at radius 1 is 1.27 bits per heavy atom. The summed E-state index contributed by atoms with van der Waals surface area (Å²) in [5.74, 6) is 0.207. The summed E-state index contributed by atoms with van der Waals surface area (Å²) in [5.41, 5.74) is 0.973. The molecule has 0 amide bonds. The summed E-state index contributed by atoms with van der Waals surface area (Å²) in [6.45, 7) is 0. The van der Waals surface area contributed by atoms with Crippen LogP contribution >= 0.6 is 0 Å². The number of oxime groups is 1. The molecule has 1 aromatic heterocycles. The Labute approximate surface area is 111 Å². The smallest absolute Gasteiger partial charge is 0.124 e. The van der Waals surface area contributed by atoms with E-state index >= 15 is 0 Å². The molecule has 1 aromatic carbocycles. The van der Waals surface area contributed by atoms with E-state index in [4.69, 9.17) is 5.21 Å². The molecule has 2 rings (SSSR count). The van der Waals surface area contributed by atoms with Crippen molar-refractivity contribution in [3.8, 4) is 0 Å². The van der Waals surface area contributed by atoms with Crippen LogP contribution in [0.3, 0.4) is 0 Å². The van der Waals surface area contributed by atoms with Crippen molar-refractivity contribution in [3.05, 3.63) is 41.7 Å². The Bertz CT molecular complexity index is 428. The topological polar surface area (TPSA) is 85.4 Å². The minimum Gasteiger partial charge on any atom is -0.410 e. The number of rotatable bonds is 2. The quantitative estimate of drug-likeness (QED) is 0.476. The molecule has 0 aliphatic rings. The summed E-state index contributed by atoms with van der Waals surface area (Å²) in [5, 5.41) is 25.7. The van der Waals surface area contributed by atoms with Crippen molar-refractivity contribution in [2.24, 2.45) is 5.16 Å². The molecule has 0 fully saturated rings. The summed E-state index contributed by atoms with van der Waals surface area (Å²) in [6, 6.07) is 9.08. The van der Waals surface area contributed by atoms with Crippen LogP contribution in [0.5, 0.6) is 0 Å². The molecule has 0 saturated heterocycles. The molecule has 1 heterocycles. The third-order valence-corrected chi connectivity index (χ3v) is 1.68. The van der Waals surface area contributed by atoms with Gasteiger partial charge in [0.1, 0.15) is 5.71 Å². The van der Waals surface area contributed by atoms with Gasteiger partial charge in [-0.1, -0.05) is 35.5 Å². The van der Waals surface area contributed by atoms with Crippen molar-refractivity contribution in [2.75, 3.05) is 0 Å². The first kappa shape index (κ1) is 11.9. The van der Waals surface area contributed by atoms with Gasteiger partial charge in [0.15, 0.2) is 0 Å². The molecule has 0 atom stereocenters. The van der Waals surface area contributed by atoms with Crippen LogP contribution in [-0.2, 0) is 32.7 Å². The van der Waals surface area contributed by atoms with Crippen LogP contribution in [0.4, 0.5) is 0 Å². The second kappa shape index (κ2) is 5.67. The molecule has 0 aliphatic heterocycles. The third kappa shape index (κ3) is 2.67. The van der Waals surface area contributed by atoms with E-state index in [0.717, 1.165) is 0 Å². The van der Waals surface area contributed by atoms with Crippen molar-refractivity contribution in [3.63, 3.8) is 0 Å². The van der Waals surface area contributed by atoms with Crippen LogP contribution in [0.15, 0.2) is 35.5 Å². The molecular formula is C8H6N5OY-. The predicted octanol–water partition coefficient (Wildman–Crippen LogP) is 0.0529. The molecule has 1 radical (unpaired) electrons. The predicted molar refractivity (Wildman–Crippen MR) is 47.0 cm³/mol. The number of nitrogens with zero attached hydrogens (tertiary/aromatic N) is 5. The third-order valence-electron chi connectivity index (χ3n) is 1.68. The van der Waals surface area contributed by atoms with Gasteiger partial charge in [0.05, 0.1) is 5.82 Å². The van der Waals surface area contributed by atoms with E-state index in [0.29, 0.717) is 5.56 Å². The fraction of sp³-hybridized carbons (Fsp3) is 0. The molecule has 73 valence electrons. The van der Waals surface area contributed by atoms with Crippen molar-refractivity contribution >= 4 is 5.71 Å². The first-order chi connectivity index (χ1) is 6.92. The average Bonchev–Trinajstić information content (AvgIpc) is 2.74. The van der Waals surface area contributed by atoms with Crippen LogP contribution < -0.4 is 5.10 Å². The molecule has 0 saturated carbocycles. The van der Waals surface area contributed by atoms with Crippen molar-refractivity contribution in [1.29, 1.82) is 0 Å². The first-order valence-electron chi connectivity index (χ1n) is 3.88. The second-order valence-electron chi connectivity index (χ2n) is 2.52. The van der Waals surface area contributed by atoms with E-state index in [1.165, 1.54) is 0 Å². The summed E-state index contributed by atoms with van der Waals surface area (Å²) in [4.78, 5) is 0. The van der Waals surface area contributed by atoms with Crippen molar-refractivity contribution in [2.45, 2.75) is 0 Å². The molecular weight excluding hydrogens is 271 g/mol. The van der Waals surface area contributed by atoms with Gasteiger partial charge in [-0.2, -0.15) is 5.21 Å². The second-order valence-corrected chi connectivity index (χ2v) is 2.52. The van der Waals surface area contributed by atoms with Gasteiger partial charge in [0.25, 0.3) is 0 Å². The van der Waals surface area contributed by atoms with E-state index in [9.17, 15) is 0 Å². The average molecular weight is 277 g/mol. The van der Waals surface area contributed by atoms with Crippen LogP contribution in [0.25, 0.3) is 0 Å². The monoisotopic (exact) mass is 277 g/mol.